The van der Waals surface area contributed by atoms with Gasteiger partial charge in [0.2, 0.25) is 0 Å². The Morgan fingerprint density at radius 1 is 1.13 bits per heavy atom. The van der Waals surface area contributed by atoms with Crippen LogP contribution in [-0.4, -0.2) is 18.7 Å². The molecule has 4 rings (SSSR count). The van der Waals surface area contributed by atoms with Crippen LogP contribution >= 0.6 is 23.2 Å². The summed E-state index contributed by atoms with van der Waals surface area (Å²) in [5.74, 6) is 2.33. The molecule has 0 aliphatic rings. The number of hydrazone groups is 1. The fourth-order valence-electron chi connectivity index (χ4n) is 3.03. The van der Waals surface area contributed by atoms with E-state index in [4.69, 9.17) is 38.8 Å². The van der Waals surface area contributed by atoms with Crippen LogP contribution in [0.5, 0.6) is 5.75 Å². The van der Waals surface area contributed by atoms with Crippen molar-refractivity contribution in [2.75, 3.05) is 6.61 Å². The lowest BCUT2D eigenvalue weighted by Crippen LogP contribution is -2.16. The van der Waals surface area contributed by atoms with Gasteiger partial charge in [-0.25, -0.2) is 5.43 Å². The van der Waals surface area contributed by atoms with Crippen LogP contribution in [0.15, 0.2) is 64.1 Å². The molecule has 0 aliphatic heterocycles. The quantitative estimate of drug-likeness (QED) is 0.249. The van der Waals surface area contributed by atoms with Gasteiger partial charge in [-0.15, -0.1) is 6.42 Å². The van der Waals surface area contributed by atoms with E-state index in [0.29, 0.717) is 16.9 Å². The molecule has 5 nitrogen and oxygen atoms in total. The molecule has 4 aromatic rings. The van der Waals surface area contributed by atoms with Crippen molar-refractivity contribution in [2.24, 2.45) is 5.10 Å². The van der Waals surface area contributed by atoms with Crippen molar-refractivity contribution in [1.82, 2.24) is 5.43 Å². The summed E-state index contributed by atoms with van der Waals surface area (Å²) in [4.78, 5) is 12.4. The van der Waals surface area contributed by atoms with Gasteiger partial charge in [0, 0.05) is 5.39 Å². The van der Waals surface area contributed by atoms with Crippen molar-refractivity contribution in [2.45, 2.75) is 0 Å². The van der Waals surface area contributed by atoms with Gasteiger partial charge in [-0.1, -0.05) is 59.5 Å². The summed E-state index contributed by atoms with van der Waals surface area (Å²) >= 11 is 12.3. The SMILES string of the molecule is C#CCOc1c(Cl)cc(C=NNC(=O)c2cc3c(ccc4ccccc43)o2)cc1Cl. The number of furan rings is 1. The number of benzene rings is 3. The van der Waals surface area contributed by atoms with Gasteiger partial charge in [-0.05, 0) is 40.6 Å². The Kier molecular flexibility index (Phi) is 5.62. The average molecular weight is 437 g/mol. The molecule has 30 heavy (non-hydrogen) atoms. The molecule has 0 spiro atoms. The first kappa shape index (κ1) is 19.8. The normalized spacial score (nSPS) is 11.1. The number of nitrogens with one attached hydrogen (secondary N) is 1. The van der Waals surface area contributed by atoms with Crippen molar-refractivity contribution < 1.29 is 13.9 Å². The van der Waals surface area contributed by atoms with Crippen LogP contribution < -0.4 is 10.2 Å². The van der Waals surface area contributed by atoms with Crippen LogP contribution in [0.1, 0.15) is 16.1 Å². The molecular formula is C23H14Cl2N2O3. The number of nitrogens with zero attached hydrogens (tertiary/aromatic N) is 1. The van der Waals surface area contributed by atoms with Gasteiger partial charge in [0.15, 0.2) is 11.5 Å². The van der Waals surface area contributed by atoms with Crippen LogP contribution in [-0.2, 0) is 0 Å². The third-order valence-electron chi connectivity index (χ3n) is 4.35. The summed E-state index contributed by atoms with van der Waals surface area (Å²) in [5.41, 5.74) is 3.64. The molecule has 0 fully saturated rings. The third-order valence-corrected chi connectivity index (χ3v) is 4.91. The van der Waals surface area contributed by atoms with Crippen molar-refractivity contribution in [3.63, 3.8) is 0 Å². The number of amides is 1. The minimum atomic E-state index is -0.474. The summed E-state index contributed by atoms with van der Waals surface area (Å²) in [6.45, 7) is 0.0513. The lowest BCUT2D eigenvalue weighted by Gasteiger charge is -2.08. The smallest absolute Gasteiger partial charge is 0.307 e. The van der Waals surface area contributed by atoms with E-state index in [9.17, 15) is 4.79 Å². The topological polar surface area (TPSA) is 63.8 Å². The van der Waals surface area contributed by atoms with Crippen LogP contribution in [0.2, 0.25) is 10.0 Å². The molecule has 1 N–H and O–H groups in total. The zero-order valence-corrected chi connectivity index (χ0v) is 17.0. The molecule has 148 valence electrons. The van der Waals surface area contributed by atoms with E-state index in [0.717, 1.165) is 16.2 Å². The summed E-state index contributed by atoms with van der Waals surface area (Å²) < 4.78 is 11.0. The Bertz CT molecular complexity index is 1310. The predicted molar refractivity (Wildman–Crippen MR) is 120 cm³/mol. The first-order chi connectivity index (χ1) is 14.6. The molecule has 0 aliphatic carbocycles. The molecule has 0 unspecified atom stereocenters. The lowest BCUT2D eigenvalue weighted by atomic mass is 10.1. The molecule has 7 heteroatoms. The van der Waals surface area contributed by atoms with Gasteiger partial charge in [-0.3, -0.25) is 4.79 Å². The second-order valence-corrected chi connectivity index (χ2v) is 7.13. The monoisotopic (exact) mass is 436 g/mol. The zero-order chi connectivity index (χ0) is 21.1. The number of carbonyl (C=O) groups excluding carboxylic acids is 1. The first-order valence-corrected chi connectivity index (χ1v) is 9.62. The highest BCUT2D eigenvalue weighted by molar-refractivity contribution is 6.37. The summed E-state index contributed by atoms with van der Waals surface area (Å²) in [7, 11) is 0. The van der Waals surface area contributed by atoms with E-state index in [1.165, 1.54) is 6.21 Å². The number of fused-ring (bicyclic) bond motifs is 3. The number of ether oxygens (including phenoxy) is 1. The number of terminal acetylenes is 1. The van der Waals surface area contributed by atoms with Crippen LogP contribution in [0.3, 0.4) is 0 Å². The maximum Gasteiger partial charge on any atom is 0.307 e. The Labute approximate surface area is 182 Å². The Hall–Kier alpha value is -3.46. The average Bonchev–Trinajstić information content (AvgIpc) is 3.18. The second kappa shape index (κ2) is 8.50. The fourth-order valence-corrected chi connectivity index (χ4v) is 3.64. The van der Waals surface area contributed by atoms with E-state index < -0.39 is 5.91 Å². The maximum atomic E-state index is 12.4. The molecule has 1 aromatic heterocycles. The van der Waals surface area contributed by atoms with Crippen LogP contribution in [0.4, 0.5) is 0 Å². The highest BCUT2D eigenvalue weighted by atomic mass is 35.5. The van der Waals surface area contributed by atoms with Gasteiger partial charge in [0.1, 0.15) is 12.2 Å². The molecule has 1 amide bonds. The molecule has 0 saturated heterocycles. The van der Waals surface area contributed by atoms with E-state index in [-0.39, 0.29) is 22.4 Å². The van der Waals surface area contributed by atoms with Gasteiger partial charge in [0.25, 0.3) is 0 Å². The van der Waals surface area contributed by atoms with Gasteiger partial charge in [-0.2, -0.15) is 5.10 Å². The third kappa shape index (κ3) is 3.97. The molecule has 1 heterocycles. The van der Waals surface area contributed by atoms with Gasteiger partial charge in [0.05, 0.1) is 16.3 Å². The van der Waals surface area contributed by atoms with Crippen molar-refractivity contribution >= 4 is 57.1 Å². The van der Waals surface area contributed by atoms with Gasteiger partial charge < -0.3 is 9.15 Å². The summed E-state index contributed by atoms with van der Waals surface area (Å²) in [6.07, 6.45) is 6.59. The first-order valence-electron chi connectivity index (χ1n) is 8.87. The summed E-state index contributed by atoms with van der Waals surface area (Å²) in [5, 5.41) is 7.47. The number of hydrogen-bond acceptors (Lipinski definition) is 4. The maximum absolute atomic E-state index is 12.4. The van der Waals surface area contributed by atoms with Crippen LogP contribution in [0.25, 0.3) is 21.7 Å². The van der Waals surface area contributed by atoms with E-state index in [2.05, 4.69) is 16.4 Å². The molecule has 0 bridgehead atoms. The zero-order valence-electron chi connectivity index (χ0n) is 15.5. The number of halogens is 2. The molecule has 0 saturated carbocycles. The number of carbonyl (C=O) groups is 1. The Balaban J connectivity index is 1.51. The Morgan fingerprint density at radius 3 is 2.67 bits per heavy atom. The van der Waals surface area contributed by atoms with E-state index >= 15 is 0 Å². The van der Waals surface area contributed by atoms with Crippen molar-refractivity contribution in [3.8, 4) is 18.1 Å². The fraction of sp³-hybridized carbons (Fsp3) is 0.0435. The largest absolute Gasteiger partial charge is 0.478 e. The minimum Gasteiger partial charge on any atom is -0.478 e. The minimum absolute atomic E-state index is 0.0513. The number of rotatable bonds is 5. The van der Waals surface area contributed by atoms with Gasteiger partial charge >= 0.3 is 5.91 Å². The van der Waals surface area contributed by atoms with Crippen molar-refractivity contribution in [1.29, 1.82) is 0 Å². The second-order valence-electron chi connectivity index (χ2n) is 6.31. The highest BCUT2D eigenvalue weighted by Crippen LogP contribution is 2.33. The standard InChI is InChI=1S/C23H14Cl2N2O3/c1-2-9-29-22-18(24)10-14(11-19(22)25)13-26-27-23(28)21-12-17-16-6-4-3-5-15(16)7-8-20(17)30-21/h1,3-8,10-13H,9H2,(H,27,28). The van der Waals surface area contributed by atoms with E-state index in [1.807, 2.05) is 36.4 Å². The highest BCUT2D eigenvalue weighted by Gasteiger charge is 2.13. The number of hydrogen-bond donors (Lipinski definition) is 1. The lowest BCUT2D eigenvalue weighted by molar-refractivity contribution is 0.0929. The predicted octanol–water partition coefficient (Wildman–Crippen LogP) is 5.67. The summed E-state index contributed by atoms with van der Waals surface area (Å²) in [6, 6.07) is 16.6. The molecule has 0 radical (unpaired) electrons. The molecule has 0 atom stereocenters. The van der Waals surface area contributed by atoms with Crippen LogP contribution in [0, 0.1) is 12.3 Å². The Morgan fingerprint density at radius 2 is 1.90 bits per heavy atom. The molecule has 3 aromatic carbocycles. The molecular weight excluding hydrogens is 423 g/mol. The van der Waals surface area contributed by atoms with E-state index in [1.54, 1.807) is 18.2 Å². The van der Waals surface area contributed by atoms with Crippen molar-refractivity contribution in [3.05, 3.63) is 76.0 Å².